The summed E-state index contributed by atoms with van der Waals surface area (Å²) in [6.07, 6.45) is 1.34. The van der Waals surface area contributed by atoms with Crippen molar-refractivity contribution in [1.29, 1.82) is 0 Å². The second kappa shape index (κ2) is 3.49. The average Bonchev–Trinajstić information content (AvgIpc) is 2.27. The van der Waals surface area contributed by atoms with Gasteiger partial charge in [-0.2, -0.15) is 0 Å². The van der Waals surface area contributed by atoms with Gasteiger partial charge in [-0.25, -0.2) is 14.8 Å². The van der Waals surface area contributed by atoms with Crippen LogP contribution in [-0.4, -0.2) is 36.1 Å². The Kier molecular flexibility index (Phi) is 2.18. The molecule has 14 heavy (non-hydrogen) atoms. The van der Waals surface area contributed by atoms with Gasteiger partial charge in [0.15, 0.2) is 11.5 Å². The van der Waals surface area contributed by atoms with E-state index in [0.29, 0.717) is 11.5 Å². The van der Waals surface area contributed by atoms with Crippen molar-refractivity contribution in [2.75, 3.05) is 30.8 Å². The smallest absolute Gasteiger partial charge is 0.359 e. The maximum absolute atomic E-state index is 11.3. The van der Waals surface area contributed by atoms with Crippen LogP contribution < -0.4 is 10.6 Å². The molecule has 0 unspecified atom stereocenters. The molecule has 0 aliphatic carbocycles. The number of aromatic nitrogens is 2. The summed E-state index contributed by atoms with van der Waals surface area (Å²) < 4.78 is 4.61. The summed E-state index contributed by atoms with van der Waals surface area (Å²) in [5, 5.41) is 6.12. The number of carbonyl (C=O) groups is 1. The highest BCUT2D eigenvalue weighted by atomic mass is 16.5. The minimum absolute atomic E-state index is 0.268. The predicted octanol–water partition coefficient (Wildman–Crippen LogP) is 0.101. The Hall–Kier alpha value is -1.85. The molecular formula is C8H10N4O2. The number of esters is 1. The van der Waals surface area contributed by atoms with Gasteiger partial charge in [0, 0.05) is 13.1 Å². The largest absolute Gasteiger partial charge is 0.464 e. The molecule has 0 saturated carbocycles. The molecule has 0 saturated heterocycles. The van der Waals surface area contributed by atoms with Gasteiger partial charge in [-0.05, 0) is 0 Å². The van der Waals surface area contributed by atoms with E-state index in [1.54, 1.807) is 0 Å². The molecule has 6 nitrogen and oxygen atoms in total. The number of hydrogen-bond acceptors (Lipinski definition) is 6. The summed E-state index contributed by atoms with van der Waals surface area (Å²) in [5.41, 5.74) is 0.885. The molecule has 2 N–H and O–H groups in total. The van der Waals surface area contributed by atoms with Crippen molar-refractivity contribution < 1.29 is 9.53 Å². The van der Waals surface area contributed by atoms with E-state index in [4.69, 9.17) is 0 Å². The zero-order chi connectivity index (χ0) is 9.97. The zero-order valence-electron chi connectivity index (χ0n) is 7.70. The molecule has 0 aromatic carbocycles. The third-order valence-electron chi connectivity index (χ3n) is 1.95. The van der Waals surface area contributed by atoms with Crippen LogP contribution in [0.25, 0.3) is 0 Å². The minimum Gasteiger partial charge on any atom is -0.464 e. The summed E-state index contributed by atoms with van der Waals surface area (Å²) in [5.74, 6) is 0.187. The molecule has 1 aromatic rings. The number of anilines is 2. The molecular weight excluding hydrogens is 184 g/mol. The molecule has 1 aliphatic rings. The van der Waals surface area contributed by atoms with Crippen molar-refractivity contribution >= 4 is 17.5 Å². The van der Waals surface area contributed by atoms with Gasteiger partial charge in [0.05, 0.1) is 7.11 Å². The molecule has 0 atom stereocenters. The van der Waals surface area contributed by atoms with Crippen LogP contribution in [-0.2, 0) is 4.74 Å². The highest BCUT2D eigenvalue weighted by molar-refractivity contribution is 5.96. The van der Waals surface area contributed by atoms with Crippen LogP contribution in [0, 0.1) is 0 Å². The highest BCUT2D eigenvalue weighted by Crippen LogP contribution is 2.24. The van der Waals surface area contributed by atoms with E-state index in [1.165, 1.54) is 13.4 Å². The van der Waals surface area contributed by atoms with Crippen LogP contribution >= 0.6 is 0 Å². The number of carbonyl (C=O) groups excluding carboxylic acids is 1. The second-order valence-electron chi connectivity index (χ2n) is 2.79. The van der Waals surface area contributed by atoms with Crippen molar-refractivity contribution in [3.05, 3.63) is 12.0 Å². The van der Waals surface area contributed by atoms with E-state index in [0.717, 1.165) is 13.1 Å². The topological polar surface area (TPSA) is 76.1 Å². The molecule has 0 spiro atoms. The molecule has 1 aliphatic heterocycles. The van der Waals surface area contributed by atoms with E-state index in [9.17, 15) is 4.79 Å². The first-order valence-electron chi connectivity index (χ1n) is 4.24. The Labute approximate surface area is 80.7 Å². The lowest BCUT2D eigenvalue weighted by molar-refractivity contribution is 0.0595. The van der Waals surface area contributed by atoms with Gasteiger partial charge in [-0.1, -0.05) is 0 Å². The van der Waals surface area contributed by atoms with Crippen LogP contribution in [0.5, 0.6) is 0 Å². The first-order chi connectivity index (χ1) is 6.83. The van der Waals surface area contributed by atoms with Crippen LogP contribution in [0.4, 0.5) is 11.5 Å². The highest BCUT2D eigenvalue weighted by Gasteiger charge is 2.19. The second-order valence-corrected chi connectivity index (χ2v) is 2.79. The van der Waals surface area contributed by atoms with Gasteiger partial charge in [-0.3, -0.25) is 0 Å². The number of ether oxygens (including phenoxy) is 1. The van der Waals surface area contributed by atoms with E-state index < -0.39 is 5.97 Å². The molecule has 6 heteroatoms. The molecule has 74 valence electrons. The Morgan fingerprint density at radius 2 is 2.21 bits per heavy atom. The fraction of sp³-hybridized carbons (Fsp3) is 0.375. The molecule has 2 rings (SSSR count). The summed E-state index contributed by atoms with van der Waals surface area (Å²) in [6.45, 7) is 1.52. The van der Waals surface area contributed by atoms with Gasteiger partial charge in [-0.15, -0.1) is 0 Å². The number of nitrogens with zero attached hydrogens (tertiary/aromatic N) is 2. The van der Waals surface area contributed by atoms with Crippen molar-refractivity contribution in [1.82, 2.24) is 9.97 Å². The number of methoxy groups -OCH3 is 1. The van der Waals surface area contributed by atoms with Gasteiger partial charge < -0.3 is 15.4 Å². The summed E-state index contributed by atoms with van der Waals surface area (Å²) >= 11 is 0. The van der Waals surface area contributed by atoms with Crippen molar-refractivity contribution in [3.8, 4) is 0 Å². The fourth-order valence-corrected chi connectivity index (χ4v) is 1.31. The van der Waals surface area contributed by atoms with Gasteiger partial charge in [0.1, 0.15) is 12.0 Å². The maximum Gasteiger partial charge on any atom is 0.359 e. The van der Waals surface area contributed by atoms with Crippen LogP contribution in [0.3, 0.4) is 0 Å². The van der Waals surface area contributed by atoms with Gasteiger partial charge in [0.2, 0.25) is 0 Å². The van der Waals surface area contributed by atoms with Crippen molar-refractivity contribution in [3.63, 3.8) is 0 Å². The summed E-state index contributed by atoms with van der Waals surface area (Å²) in [7, 11) is 1.33. The number of rotatable bonds is 1. The maximum atomic E-state index is 11.3. The lowest BCUT2D eigenvalue weighted by atomic mass is 10.2. The molecule has 0 fully saturated rings. The van der Waals surface area contributed by atoms with E-state index in [1.807, 2.05) is 0 Å². The molecule has 0 amide bonds. The molecule has 0 radical (unpaired) electrons. The Bertz CT molecular complexity index is 366. The lowest BCUT2D eigenvalue weighted by Crippen LogP contribution is -2.24. The van der Waals surface area contributed by atoms with Crippen LogP contribution in [0.15, 0.2) is 6.33 Å². The lowest BCUT2D eigenvalue weighted by Gasteiger charge is -2.19. The Morgan fingerprint density at radius 1 is 1.43 bits per heavy atom. The van der Waals surface area contributed by atoms with Gasteiger partial charge in [0.25, 0.3) is 0 Å². The standard InChI is InChI=1S/C8H10N4O2/c1-14-8(13)6-5-7(12-4-11-6)10-3-2-9-5/h4,9H,2-3H2,1H3,(H,10,11,12). The average molecular weight is 194 g/mol. The first-order valence-corrected chi connectivity index (χ1v) is 4.24. The first kappa shape index (κ1) is 8.74. The number of nitrogens with one attached hydrogen (secondary N) is 2. The normalized spacial score (nSPS) is 13.5. The summed E-state index contributed by atoms with van der Waals surface area (Å²) in [6, 6.07) is 0. The molecule has 1 aromatic heterocycles. The predicted molar refractivity (Wildman–Crippen MR) is 50.4 cm³/mol. The third-order valence-corrected chi connectivity index (χ3v) is 1.95. The third kappa shape index (κ3) is 1.34. The van der Waals surface area contributed by atoms with E-state index >= 15 is 0 Å². The number of fused-ring (bicyclic) bond motifs is 1. The number of hydrogen-bond donors (Lipinski definition) is 2. The Morgan fingerprint density at radius 3 is 3.00 bits per heavy atom. The molecule has 2 heterocycles. The Balaban J connectivity index is 2.45. The minimum atomic E-state index is -0.458. The quantitative estimate of drug-likeness (QED) is 0.617. The zero-order valence-corrected chi connectivity index (χ0v) is 7.70. The van der Waals surface area contributed by atoms with Crippen LogP contribution in [0.2, 0.25) is 0 Å². The van der Waals surface area contributed by atoms with Crippen molar-refractivity contribution in [2.45, 2.75) is 0 Å². The molecule has 0 bridgehead atoms. The van der Waals surface area contributed by atoms with Gasteiger partial charge >= 0.3 is 5.97 Å². The van der Waals surface area contributed by atoms with E-state index in [-0.39, 0.29) is 5.69 Å². The van der Waals surface area contributed by atoms with Crippen molar-refractivity contribution in [2.24, 2.45) is 0 Å². The fourth-order valence-electron chi connectivity index (χ4n) is 1.31. The SMILES string of the molecule is COC(=O)c1ncnc2c1NCCN2. The summed E-state index contributed by atoms with van der Waals surface area (Å²) in [4.78, 5) is 19.2. The van der Waals surface area contributed by atoms with E-state index in [2.05, 4.69) is 25.3 Å². The monoisotopic (exact) mass is 194 g/mol. The van der Waals surface area contributed by atoms with Crippen LogP contribution in [0.1, 0.15) is 10.5 Å².